The molecule has 96 valence electrons. The van der Waals surface area contributed by atoms with Crippen LogP contribution in [0.25, 0.3) is 0 Å². The second kappa shape index (κ2) is 4.87. The van der Waals surface area contributed by atoms with Crippen LogP contribution in [0.4, 0.5) is 0 Å². The van der Waals surface area contributed by atoms with Gasteiger partial charge in [-0.05, 0) is 44.1 Å². The molecule has 2 aliphatic rings. The normalized spacial score (nSPS) is 23.3. The Morgan fingerprint density at radius 2 is 1.89 bits per heavy atom. The molecule has 1 aromatic carbocycles. The average Bonchev–Trinajstić information content (AvgIpc) is 3.24. The van der Waals surface area contributed by atoms with E-state index in [1.54, 1.807) is 0 Å². The van der Waals surface area contributed by atoms with Crippen LogP contribution in [-0.2, 0) is 5.41 Å². The Balaban J connectivity index is 1.90. The lowest BCUT2D eigenvalue weighted by molar-refractivity contribution is 0.451. The van der Waals surface area contributed by atoms with Gasteiger partial charge in [0.2, 0.25) is 0 Å². The summed E-state index contributed by atoms with van der Waals surface area (Å²) in [6, 6.07) is 11.2. The maximum Gasteiger partial charge on any atom is 0.0516 e. The number of hydrogen-bond donors (Lipinski definition) is 2. The monoisotopic (exact) mass is 242 g/mol. The Morgan fingerprint density at radius 1 is 1.11 bits per heavy atom. The van der Waals surface area contributed by atoms with Crippen molar-refractivity contribution in [1.29, 1.82) is 0 Å². The van der Waals surface area contributed by atoms with Crippen molar-refractivity contribution >= 4 is 0 Å². The number of benzene rings is 1. The summed E-state index contributed by atoms with van der Waals surface area (Å²) in [4.78, 5) is 0. The zero-order valence-corrected chi connectivity index (χ0v) is 10.9. The van der Waals surface area contributed by atoms with Gasteiger partial charge in [0, 0.05) is 5.41 Å². The zero-order chi connectivity index (χ0) is 12.4. The quantitative estimate of drug-likeness (QED) is 0.484. The molecule has 1 unspecified atom stereocenters. The van der Waals surface area contributed by atoms with Gasteiger partial charge in [0.05, 0.1) is 6.04 Å². The first-order chi connectivity index (χ1) is 8.87. The fourth-order valence-electron chi connectivity index (χ4n) is 3.40. The minimum atomic E-state index is 0.263. The molecule has 2 nitrogen and oxygen atoms in total. The molecule has 0 bridgehead atoms. The lowest BCUT2D eigenvalue weighted by Crippen LogP contribution is -2.45. The lowest BCUT2D eigenvalue weighted by Gasteiger charge is -2.31. The molecule has 1 atom stereocenters. The summed E-state index contributed by atoms with van der Waals surface area (Å²) in [7, 11) is 0. The number of rotatable bonds is 4. The van der Waals surface area contributed by atoms with Crippen LogP contribution in [-0.4, -0.2) is 6.04 Å². The van der Waals surface area contributed by atoms with E-state index in [2.05, 4.69) is 41.8 Å². The van der Waals surface area contributed by atoms with Gasteiger partial charge in [0.25, 0.3) is 0 Å². The first kappa shape index (κ1) is 11.9. The zero-order valence-electron chi connectivity index (χ0n) is 10.9. The van der Waals surface area contributed by atoms with Crippen LogP contribution in [0.1, 0.15) is 44.1 Å². The van der Waals surface area contributed by atoms with Crippen LogP contribution >= 0.6 is 0 Å². The van der Waals surface area contributed by atoms with Gasteiger partial charge in [-0.1, -0.05) is 42.0 Å². The van der Waals surface area contributed by atoms with Crippen molar-refractivity contribution in [2.45, 2.75) is 50.0 Å². The molecule has 3 rings (SSSR count). The van der Waals surface area contributed by atoms with E-state index in [-0.39, 0.29) is 5.41 Å². The molecule has 0 saturated heterocycles. The summed E-state index contributed by atoms with van der Waals surface area (Å²) >= 11 is 0. The van der Waals surface area contributed by atoms with E-state index in [4.69, 9.17) is 5.84 Å². The number of hydrogen-bond acceptors (Lipinski definition) is 2. The largest absolute Gasteiger partial charge is 0.271 e. The summed E-state index contributed by atoms with van der Waals surface area (Å²) in [5.74, 6) is 5.88. The summed E-state index contributed by atoms with van der Waals surface area (Å²) in [6.07, 6.45) is 10.00. The minimum absolute atomic E-state index is 0.263. The van der Waals surface area contributed by atoms with Gasteiger partial charge in [-0.25, -0.2) is 0 Å². The summed E-state index contributed by atoms with van der Waals surface area (Å²) in [5, 5.41) is 0. The maximum atomic E-state index is 5.88. The van der Waals surface area contributed by atoms with Crippen LogP contribution in [0, 0.1) is 0 Å². The molecule has 2 aliphatic carbocycles. The highest BCUT2D eigenvalue weighted by Crippen LogP contribution is 2.53. The first-order valence-electron chi connectivity index (χ1n) is 7.07. The van der Waals surface area contributed by atoms with E-state index in [1.165, 1.54) is 49.7 Å². The molecule has 1 saturated carbocycles. The molecule has 2 heteroatoms. The highest BCUT2D eigenvalue weighted by Gasteiger charge is 2.51. The fourth-order valence-corrected chi connectivity index (χ4v) is 3.40. The number of hydrazine groups is 1. The van der Waals surface area contributed by atoms with Crippen molar-refractivity contribution in [2.24, 2.45) is 5.84 Å². The molecule has 0 heterocycles. The molecule has 0 radical (unpaired) electrons. The molecule has 1 aromatic rings. The molecule has 18 heavy (non-hydrogen) atoms. The highest BCUT2D eigenvalue weighted by molar-refractivity contribution is 5.38. The second-order valence-corrected chi connectivity index (χ2v) is 5.65. The standard InChI is InChI=1S/C16H22N2/c17-18-15(13-7-3-1-4-8-13)16(11-12-16)14-9-5-2-6-10-14/h2,5-7,9-10,15,18H,1,3-4,8,11-12,17H2. The molecular weight excluding hydrogens is 220 g/mol. The fraction of sp³-hybridized carbons (Fsp3) is 0.500. The SMILES string of the molecule is NNC(C1=CCCCC1)C1(c2ccccc2)CC1. The van der Waals surface area contributed by atoms with Gasteiger partial charge in [0.15, 0.2) is 0 Å². The lowest BCUT2D eigenvalue weighted by atomic mass is 9.80. The van der Waals surface area contributed by atoms with Crippen LogP contribution in [0.2, 0.25) is 0 Å². The van der Waals surface area contributed by atoms with Gasteiger partial charge < -0.3 is 0 Å². The summed E-state index contributed by atoms with van der Waals surface area (Å²) in [6.45, 7) is 0. The Morgan fingerprint density at radius 3 is 2.44 bits per heavy atom. The van der Waals surface area contributed by atoms with Gasteiger partial charge >= 0.3 is 0 Å². The molecule has 3 N–H and O–H groups in total. The van der Waals surface area contributed by atoms with Crippen molar-refractivity contribution in [2.75, 3.05) is 0 Å². The van der Waals surface area contributed by atoms with Crippen molar-refractivity contribution in [1.82, 2.24) is 5.43 Å². The first-order valence-corrected chi connectivity index (χ1v) is 7.07. The van der Waals surface area contributed by atoms with Crippen molar-refractivity contribution in [3.05, 3.63) is 47.5 Å². The third-order valence-electron chi connectivity index (χ3n) is 4.55. The maximum absolute atomic E-state index is 5.88. The van der Waals surface area contributed by atoms with Crippen molar-refractivity contribution < 1.29 is 0 Å². The van der Waals surface area contributed by atoms with E-state index in [9.17, 15) is 0 Å². The molecule has 1 fully saturated rings. The van der Waals surface area contributed by atoms with Crippen LogP contribution in [0.5, 0.6) is 0 Å². The Labute approximate surface area is 109 Å². The van der Waals surface area contributed by atoms with Crippen molar-refractivity contribution in [3.63, 3.8) is 0 Å². The molecule has 0 spiro atoms. The van der Waals surface area contributed by atoms with E-state index in [1.807, 2.05) is 0 Å². The second-order valence-electron chi connectivity index (χ2n) is 5.65. The Kier molecular flexibility index (Phi) is 3.23. The van der Waals surface area contributed by atoms with Gasteiger partial charge in [-0.3, -0.25) is 11.3 Å². The molecule has 0 aromatic heterocycles. The summed E-state index contributed by atoms with van der Waals surface area (Å²) < 4.78 is 0. The third-order valence-corrected chi connectivity index (χ3v) is 4.55. The predicted molar refractivity (Wildman–Crippen MR) is 75.0 cm³/mol. The third kappa shape index (κ3) is 2.00. The van der Waals surface area contributed by atoms with Crippen LogP contribution < -0.4 is 11.3 Å². The van der Waals surface area contributed by atoms with Crippen LogP contribution in [0.3, 0.4) is 0 Å². The van der Waals surface area contributed by atoms with Gasteiger partial charge in [-0.15, -0.1) is 0 Å². The number of nitrogens with two attached hydrogens (primary N) is 1. The topological polar surface area (TPSA) is 38.0 Å². The van der Waals surface area contributed by atoms with Crippen LogP contribution in [0.15, 0.2) is 42.0 Å². The van der Waals surface area contributed by atoms with E-state index in [0.29, 0.717) is 6.04 Å². The summed E-state index contributed by atoms with van der Waals surface area (Å²) in [5.41, 5.74) is 6.34. The van der Waals surface area contributed by atoms with E-state index < -0.39 is 0 Å². The smallest absolute Gasteiger partial charge is 0.0516 e. The molecular formula is C16H22N2. The minimum Gasteiger partial charge on any atom is -0.271 e. The van der Waals surface area contributed by atoms with Crippen molar-refractivity contribution in [3.8, 4) is 0 Å². The molecule has 0 aliphatic heterocycles. The van der Waals surface area contributed by atoms with Gasteiger partial charge in [0.1, 0.15) is 0 Å². The number of allylic oxidation sites excluding steroid dienone is 1. The van der Waals surface area contributed by atoms with Gasteiger partial charge in [-0.2, -0.15) is 0 Å². The molecule has 0 amide bonds. The highest BCUT2D eigenvalue weighted by atomic mass is 15.2. The van der Waals surface area contributed by atoms with E-state index in [0.717, 1.165) is 0 Å². The Bertz CT molecular complexity index is 432. The predicted octanol–water partition coefficient (Wildman–Crippen LogP) is 3.05. The Hall–Kier alpha value is -1.12. The van der Waals surface area contributed by atoms with E-state index >= 15 is 0 Å². The number of nitrogens with one attached hydrogen (secondary N) is 1. The average molecular weight is 242 g/mol.